The smallest absolute Gasteiger partial charge is 0.347 e. The molecule has 39 heavy (non-hydrogen) atoms. The van der Waals surface area contributed by atoms with E-state index >= 15 is 0 Å². The Labute approximate surface area is 230 Å². The first-order valence-corrected chi connectivity index (χ1v) is 14.1. The highest BCUT2D eigenvalue weighted by molar-refractivity contribution is 5.77. The molecule has 0 fully saturated rings. The number of carboxylic acids is 1. The predicted molar refractivity (Wildman–Crippen MR) is 151 cm³/mol. The van der Waals surface area contributed by atoms with Crippen LogP contribution in [0.2, 0.25) is 0 Å². The molecule has 10 heteroatoms. The molecule has 1 aromatic carbocycles. The Morgan fingerprint density at radius 3 is 2.56 bits per heavy atom. The Kier molecular flexibility index (Phi) is 13.3. The van der Waals surface area contributed by atoms with Gasteiger partial charge >= 0.3 is 11.7 Å². The third kappa shape index (κ3) is 9.89. The Morgan fingerprint density at radius 1 is 1.10 bits per heavy atom. The number of nitrogens with one attached hydrogen (secondary N) is 1. The van der Waals surface area contributed by atoms with Gasteiger partial charge in [-0.2, -0.15) is 5.26 Å². The summed E-state index contributed by atoms with van der Waals surface area (Å²) in [6.07, 6.45) is 8.57. The van der Waals surface area contributed by atoms with Gasteiger partial charge in [-0.1, -0.05) is 58.1 Å². The van der Waals surface area contributed by atoms with E-state index in [1.807, 2.05) is 31.2 Å². The Morgan fingerprint density at radius 2 is 1.87 bits per heavy atom. The summed E-state index contributed by atoms with van der Waals surface area (Å²) in [5.41, 5.74) is -1.14. The van der Waals surface area contributed by atoms with Gasteiger partial charge in [-0.15, -0.1) is 5.10 Å². The zero-order valence-electron chi connectivity index (χ0n) is 23.6. The average molecular weight is 542 g/mol. The number of hydrogen-bond acceptors (Lipinski definition) is 7. The van der Waals surface area contributed by atoms with E-state index in [1.54, 1.807) is 13.0 Å². The fraction of sp³-hybridized carbons (Fsp3) is 0.621. The van der Waals surface area contributed by atoms with Gasteiger partial charge in [0.2, 0.25) is 11.4 Å². The first-order chi connectivity index (χ1) is 18.8. The van der Waals surface area contributed by atoms with E-state index in [-0.39, 0.29) is 18.8 Å². The van der Waals surface area contributed by atoms with Gasteiger partial charge < -0.3 is 15.2 Å². The molecule has 0 aliphatic heterocycles. The van der Waals surface area contributed by atoms with Gasteiger partial charge in [0.25, 0.3) is 5.56 Å². The second-order valence-electron chi connectivity index (χ2n) is 10.1. The monoisotopic (exact) mass is 541 g/mol. The molecule has 2 aromatic rings. The number of aryl methyl sites for hydroxylation is 2. The third-order valence-corrected chi connectivity index (χ3v) is 6.65. The van der Waals surface area contributed by atoms with E-state index in [4.69, 9.17) is 10.00 Å². The van der Waals surface area contributed by atoms with Crippen molar-refractivity contribution in [1.29, 1.82) is 5.26 Å². The van der Waals surface area contributed by atoms with Crippen LogP contribution in [0.1, 0.15) is 90.5 Å². The van der Waals surface area contributed by atoms with Crippen LogP contribution in [0, 0.1) is 11.3 Å². The maximum absolute atomic E-state index is 13.0. The summed E-state index contributed by atoms with van der Waals surface area (Å²) in [5.74, 6) is -0.327. The summed E-state index contributed by atoms with van der Waals surface area (Å²) < 4.78 is 8.28. The van der Waals surface area contributed by atoms with Crippen molar-refractivity contribution in [1.82, 2.24) is 14.3 Å². The van der Waals surface area contributed by atoms with Crippen LogP contribution in [-0.2, 0) is 24.3 Å². The molecule has 1 aromatic heterocycles. The van der Waals surface area contributed by atoms with Gasteiger partial charge in [-0.05, 0) is 56.7 Å². The van der Waals surface area contributed by atoms with E-state index in [0.29, 0.717) is 31.7 Å². The van der Waals surface area contributed by atoms with Crippen molar-refractivity contribution >= 4 is 11.8 Å². The normalized spacial score (nSPS) is 12.5. The minimum atomic E-state index is -1.27. The van der Waals surface area contributed by atoms with Crippen molar-refractivity contribution in [2.75, 3.05) is 11.9 Å². The van der Waals surface area contributed by atoms with Crippen molar-refractivity contribution in [2.45, 2.75) is 110 Å². The first kappa shape index (κ1) is 31.6. The number of carbonyl (C=O) groups is 1. The second-order valence-corrected chi connectivity index (χ2v) is 10.1. The van der Waals surface area contributed by atoms with E-state index in [2.05, 4.69) is 17.3 Å². The van der Waals surface area contributed by atoms with Crippen LogP contribution in [0.3, 0.4) is 0 Å². The van der Waals surface area contributed by atoms with E-state index in [1.165, 1.54) is 9.25 Å². The lowest BCUT2D eigenvalue weighted by atomic mass is 10.0. The molecule has 1 unspecified atom stereocenters. The predicted octanol–water partition coefficient (Wildman–Crippen LogP) is 4.75. The van der Waals surface area contributed by atoms with Crippen LogP contribution in [-0.4, -0.2) is 37.6 Å². The molecule has 1 atom stereocenters. The molecular weight excluding hydrogens is 498 g/mol. The summed E-state index contributed by atoms with van der Waals surface area (Å²) in [4.78, 5) is 37.4. The highest BCUT2D eigenvalue weighted by Gasteiger charge is 2.34. The average Bonchev–Trinajstić information content (AvgIpc) is 2.90. The highest BCUT2D eigenvalue weighted by Crippen LogP contribution is 2.24. The summed E-state index contributed by atoms with van der Waals surface area (Å²) >= 11 is 0. The standard InChI is InChI=1S/C29H43N5O5/c1-4-6-7-8-11-20-33-26(35)25(32-34(28(33)38)21-13-18-30)31-19-10-9-14-23-15-12-16-24(22-23)39-29(3,17-5-2)27(36)37/h12,15-16,22H,4-11,13-14,17,19-21H2,1-3H3,(H,31,32)(H,36,37). The van der Waals surface area contributed by atoms with Crippen molar-refractivity contribution in [3.05, 3.63) is 50.7 Å². The van der Waals surface area contributed by atoms with E-state index in [9.17, 15) is 19.5 Å². The van der Waals surface area contributed by atoms with E-state index in [0.717, 1.165) is 56.9 Å². The van der Waals surface area contributed by atoms with Crippen molar-refractivity contribution < 1.29 is 14.6 Å². The van der Waals surface area contributed by atoms with E-state index < -0.39 is 22.8 Å². The Balaban J connectivity index is 1.98. The molecule has 214 valence electrons. The number of aliphatic carboxylic acids is 1. The topological polar surface area (TPSA) is 139 Å². The Bertz CT molecular complexity index is 1220. The molecule has 2 N–H and O–H groups in total. The maximum atomic E-state index is 13.0. The third-order valence-electron chi connectivity index (χ3n) is 6.65. The van der Waals surface area contributed by atoms with Crippen molar-refractivity contribution in [2.24, 2.45) is 0 Å². The minimum Gasteiger partial charge on any atom is -0.478 e. The highest BCUT2D eigenvalue weighted by atomic mass is 16.5. The number of nitrogens with zero attached hydrogens (tertiary/aromatic N) is 4. The fourth-order valence-electron chi connectivity index (χ4n) is 4.41. The summed E-state index contributed by atoms with van der Waals surface area (Å²) in [6, 6.07) is 9.49. The van der Waals surface area contributed by atoms with Crippen molar-refractivity contribution in [3.63, 3.8) is 0 Å². The number of ether oxygens (including phenoxy) is 1. The Hall–Kier alpha value is -3.61. The number of rotatable bonds is 19. The van der Waals surface area contributed by atoms with Crippen LogP contribution >= 0.6 is 0 Å². The molecule has 0 spiro atoms. The molecule has 2 rings (SSSR count). The van der Waals surface area contributed by atoms with Gasteiger partial charge in [0, 0.05) is 13.1 Å². The zero-order valence-corrected chi connectivity index (χ0v) is 23.6. The molecule has 0 saturated carbocycles. The van der Waals surface area contributed by atoms with Crippen LogP contribution in [0.25, 0.3) is 0 Å². The summed E-state index contributed by atoms with van der Waals surface area (Å²) in [5, 5.41) is 25.8. The van der Waals surface area contributed by atoms with Crippen LogP contribution < -0.4 is 21.3 Å². The number of nitriles is 1. The van der Waals surface area contributed by atoms with Gasteiger partial charge in [0.15, 0.2) is 0 Å². The lowest BCUT2D eigenvalue weighted by Crippen LogP contribution is -2.43. The summed E-state index contributed by atoms with van der Waals surface area (Å²) in [6.45, 7) is 6.62. The number of carboxylic acid groups (broad SMARTS) is 1. The lowest BCUT2D eigenvalue weighted by molar-refractivity contribution is -0.154. The minimum absolute atomic E-state index is 0.125. The molecule has 10 nitrogen and oxygen atoms in total. The van der Waals surface area contributed by atoms with Gasteiger partial charge in [0.1, 0.15) is 5.75 Å². The number of benzene rings is 1. The van der Waals surface area contributed by atoms with Crippen LogP contribution in [0.15, 0.2) is 33.9 Å². The number of anilines is 1. The van der Waals surface area contributed by atoms with Gasteiger partial charge in [-0.3, -0.25) is 9.36 Å². The molecule has 1 heterocycles. The quantitative estimate of drug-likeness (QED) is 0.243. The molecule has 0 amide bonds. The SMILES string of the molecule is CCCCCCCn1c(=O)c(NCCCCc2cccc(OC(C)(CCC)C(=O)O)c2)nn(CCC#N)c1=O. The van der Waals surface area contributed by atoms with Crippen LogP contribution in [0.5, 0.6) is 5.75 Å². The molecule has 0 saturated heterocycles. The fourth-order valence-corrected chi connectivity index (χ4v) is 4.41. The van der Waals surface area contributed by atoms with Crippen molar-refractivity contribution in [3.8, 4) is 11.8 Å². The molecule has 0 aliphatic rings. The van der Waals surface area contributed by atoms with Gasteiger partial charge in [-0.25, -0.2) is 14.3 Å². The largest absolute Gasteiger partial charge is 0.478 e. The first-order valence-electron chi connectivity index (χ1n) is 14.1. The molecule has 0 radical (unpaired) electrons. The maximum Gasteiger partial charge on any atom is 0.347 e. The number of aromatic nitrogens is 3. The second kappa shape index (κ2) is 16.4. The van der Waals surface area contributed by atoms with Crippen LogP contribution in [0.4, 0.5) is 5.82 Å². The summed E-state index contributed by atoms with van der Waals surface area (Å²) in [7, 11) is 0. The number of unbranched alkanes of at least 4 members (excludes halogenated alkanes) is 5. The number of hydrogen-bond donors (Lipinski definition) is 2. The zero-order chi connectivity index (χ0) is 28.7. The molecular formula is C29H43N5O5. The molecule has 0 aliphatic carbocycles. The molecule has 0 bridgehead atoms. The lowest BCUT2D eigenvalue weighted by Gasteiger charge is -2.26. The van der Waals surface area contributed by atoms with Gasteiger partial charge in [0.05, 0.1) is 19.0 Å².